The summed E-state index contributed by atoms with van der Waals surface area (Å²) in [5, 5.41) is 11.0. The Morgan fingerprint density at radius 1 is 1.35 bits per heavy atom. The van der Waals surface area contributed by atoms with Crippen molar-refractivity contribution >= 4 is 23.6 Å². The number of halogens is 3. The monoisotopic (exact) mass is 307 g/mol. The lowest BCUT2D eigenvalue weighted by Gasteiger charge is -2.15. The Kier molecular flexibility index (Phi) is 5.43. The predicted octanol–water partition coefficient (Wildman–Crippen LogP) is 2.39. The highest BCUT2D eigenvalue weighted by Crippen LogP contribution is 2.36. The summed E-state index contributed by atoms with van der Waals surface area (Å²) in [5.41, 5.74) is -0.822. The Morgan fingerprint density at radius 2 is 1.95 bits per heavy atom. The molecular formula is C12H12F3NO3S. The number of carbonyl (C=O) groups is 2. The van der Waals surface area contributed by atoms with E-state index >= 15 is 0 Å². The van der Waals surface area contributed by atoms with Gasteiger partial charge in [-0.05, 0) is 12.1 Å². The highest BCUT2D eigenvalue weighted by molar-refractivity contribution is 7.99. The van der Waals surface area contributed by atoms with Crippen molar-refractivity contribution in [3.63, 3.8) is 0 Å². The smallest absolute Gasteiger partial charge is 0.417 e. The van der Waals surface area contributed by atoms with Gasteiger partial charge in [-0.1, -0.05) is 12.1 Å². The summed E-state index contributed by atoms with van der Waals surface area (Å²) in [5.74, 6) is -2.04. The maximum atomic E-state index is 12.7. The number of nitrogens with one attached hydrogen (secondary N) is 1. The van der Waals surface area contributed by atoms with Gasteiger partial charge in [0, 0.05) is 17.6 Å². The molecule has 1 aromatic rings. The molecule has 0 aromatic heterocycles. The van der Waals surface area contributed by atoms with Crippen molar-refractivity contribution < 1.29 is 27.9 Å². The fourth-order valence-corrected chi connectivity index (χ4v) is 2.51. The molecule has 0 saturated carbocycles. The van der Waals surface area contributed by atoms with Crippen molar-refractivity contribution in [2.45, 2.75) is 24.0 Å². The minimum absolute atomic E-state index is 0.0726. The van der Waals surface area contributed by atoms with Crippen LogP contribution in [0.1, 0.15) is 12.5 Å². The normalized spacial score (nSPS) is 12.8. The number of rotatable bonds is 5. The summed E-state index contributed by atoms with van der Waals surface area (Å²) in [6.07, 6.45) is -4.50. The van der Waals surface area contributed by atoms with Crippen LogP contribution < -0.4 is 5.32 Å². The molecule has 0 aliphatic rings. The summed E-state index contributed by atoms with van der Waals surface area (Å²) in [6.45, 7) is 1.14. The third-order valence-corrected chi connectivity index (χ3v) is 3.44. The van der Waals surface area contributed by atoms with Gasteiger partial charge in [-0.15, -0.1) is 11.8 Å². The fourth-order valence-electron chi connectivity index (χ4n) is 1.42. The van der Waals surface area contributed by atoms with Crippen molar-refractivity contribution in [2.24, 2.45) is 0 Å². The maximum Gasteiger partial charge on any atom is 0.417 e. The van der Waals surface area contributed by atoms with Gasteiger partial charge < -0.3 is 10.4 Å². The Balaban J connectivity index is 2.83. The van der Waals surface area contributed by atoms with E-state index in [1.165, 1.54) is 18.2 Å². The molecule has 0 radical (unpaired) electrons. The Bertz CT molecular complexity index is 505. The molecule has 0 aliphatic heterocycles. The molecule has 4 nitrogen and oxygen atoms in total. The van der Waals surface area contributed by atoms with E-state index in [0.717, 1.165) is 24.8 Å². The van der Waals surface area contributed by atoms with Crippen LogP contribution in [0.25, 0.3) is 0 Å². The average molecular weight is 307 g/mol. The van der Waals surface area contributed by atoms with Gasteiger partial charge in [0.1, 0.15) is 6.04 Å². The Hall–Kier alpha value is -1.70. The minimum atomic E-state index is -4.50. The van der Waals surface area contributed by atoms with Crippen LogP contribution in [0.2, 0.25) is 0 Å². The number of hydrogen-bond acceptors (Lipinski definition) is 3. The van der Waals surface area contributed by atoms with Gasteiger partial charge in [0.05, 0.1) is 5.56 Å². The molecular weight excluding hydrogens is 295 g/mol. The first-order valence-electron chi connectivity index (χ1n) is 5.50. The van der Waals surface area contributed by atoms with Gasteiger partial charge in [0.25, 0.3) is 0 Å². The topological polar surface area (TPSA) is 66.4 Å². The van der Waals surface area contributed by atoms with E-state index in [2.05, 4.69) is 5.32 Å². The lowest BCUT2D eigenvalue weighted by molar-refractivity contribution is -0.140. The molecule has 0 heterocycles. The third kappa shape index (κ3) is 4.76. The SMILES string of the molecule is CC(=O)N[C@@H](CSc1ccccc1C(F)(F)F)C(=O)O. The molecule has 1 atom stereocenters. The number of alkyl halides is 3. The van der Waals surface area contributed by atoms with E-state index in [1.807, 2.05) is 0 Å². The lowest BCUT2D eigenvalue weighted by atomic mass is 10.2. The Morgan fingerprint density at radius 3 is 2.45 bits per heavy atom. The number of aliphatic carboxylic acids is 1. The van der Waals surface area contributed by atoms with Crippen LogP contribution in [-0.2, 0) is 15.8 Å². The second-order valence-corrected chi connectivity index (χ2v) is 4.96. The van der Waals surface area contributed by atoms with Crippen LogP contribution in [0.5, 0.6) is 0 Å². The second kappa shape index (κ2) is 6.65. The zero-order valence-corrected chi connectivity index (χ0v) is 11.2. The van der Waals surface area contributed by atoms with Crippen LogP contribution in [0.4, 0.5) is 13.2 Å². The number of carboxylic acids is 1. The number of amides is 1. The zero-order valence-electron chi connectivity index (χ0n) is 10.4. The summed E-state index contributed by atoms with van der Waals surface area (Å²) < 4.78 is 38.2. The lowest BCUT2D eigenvalue weighted by Crippen LogP contribution is -2.41. The number of carbonyl (C=O) groups excluding carboxylic acids is 1. The third-order valence-electron chi connectivity index (χ3n) is 2.27. The van der Waals surface area contributed by atoms with Gasteiger partial charge in [0.15, 0.2) is 0 Å². The van der Waals surface area contributed by atoms with Crippen LogP contribution in [0.15, 0.2) is 29.2 Å². The van der Waals surface area contributed by atoms with E-state index < -0.39 is 29.7 Å². The van der Waals surface area contributed by atoms with Gasteiger partial charge in [0.2, 0.25) is 5.91 Å². The van der Waals surface area contributed by atoms with Crippen molar-refractivity contribution in [3.8, 4) is 0 Å². The van der Waals surface area contributed by atoms with Gasteiger partial charge in [-0.3, -0.25) is 4.79 Å². The minimum Gasteiger partial charge on any atom is -0.480 e. The van der Waals surface area contributed by atoms with Gasteiger partial charge in [-0.2, -0.15) is 13.2 Å². The number of hydrogen-bond donors (Lipinski definition) is 2. The molecule has 0 unspecified atom stereocenters. The summed E-state index contributed by atoms with van der Waals surface area (Å²) in [7, 11) is 0. The first kappa shape index (κ1) is 16.4. The van der Waals surface area contributed by atoms with E-state index in [9.17, 15) is 22.8 Å². The molecule has 1 aromatic carbocycles. The first-order chi connectivity index (χ1) is 9.21. The van der Waals surface area contributed by atoms with Crippen molar-refractivity contribution in [2.75, 3.05) is 5.75 Å². The molecule has 0 spiro atoms. The van der Waals surface area contributed by atoms with Crippen LogP contribution >= 0.6 is 11.8 Å². The molecule has 0 fully saturated rings. The largest absolute Gasteiger partial charge is 0.480 e. The van der Waals surface area contributed by atoms with Gasteiger partial charge in [-0.25, -0.2) is 4.79 Å². The van der Waals surface area contributed by atoms with E-state index in [4.69, 9.17) is 5.11 Å². The van der Waals surface area contributed by atoms with E-state index in [0.29, 0.717) is 0 Å². The van der Waals surface area contributed by atoms with Crippen molar-refractivity contribution in [1.82, 2.24) is 5.32 Å². The molecule has 0 saturated heterocycles. The summed E-state index contributed by atoms with van der Waals surface area (Å²) in [4.78, 5) is 21.6. The average Bonchev–Trinajstić information content (AvgIpc) is 2.33. The maximum absolute atomic E-state index is 12.7. The van der Waals surface area contributed by atoms with Crippen LogP contribution in [0, 0.1) is 0 Å². The fraction of sp³-hybridized carbons (Fsp3) is 0.333. The summed E-state index contributed by atoms with van der Waals surface area (Å²) in [6, 6.07) is 3.65. The van der Waals surface area contributed by atoms with Crippen LogP contribution in [-0.4, -0.2) is 28.8 Å². The highest BCUT2D eigenvalue weighted by atomic mass is 32.2. The molecule has 0 bridgehead atoms. The first-order valence-corrected chi connectivity index (χ1v) is 6.49. The molecule has 2 N–H and O–H groups in total. The Labute approximate surface area is 117 Å². The predicted molar refractivity (Wildman–Crippen MR) is 67.4 cm³/mol. The van der Waals surface area contributed by atoms with Crippen LogP contribution in [0.3, 0.4) is 0 Å². The standard InChI is InChI=1S/C12H12F3NO3S/c1-7(17)16-9(11(18)19)6-20-10-5-3-2-4-8(10)12(13,14)15/h2-5,9H,6H2,1H3,(H,16,17)(H,18,19)/t9-/m0/s1. The molecule has 20 heavy (non-hydrogen) atoms. The highest BCUT2D eigenvalue weighted by Gasteiger charge is 2.33. The van der Waals surface area contributed by atoms with E-state index in [-0.39, 0.29) is 10.6 Å². The number of benzene rings is 1. The van der Waals surface area contributed by atoms with Gasteiger partial charge >= 0.3 is 12.1 Å². The quantitative estimate of drug-likeness (QED) is 0.820. The zero-order chi connectivity index (χ0) is 15.3. The van der Waals surface area contributed by atoms with Crippen molar-refractivity contribution in [3.05, 3.63) is 29.8 Å². The second-order valence-electron chi connectivity index (χ2n) is 3.90. The molecule has 0 aliphatic carbocycles. The molecule has 8 heteroatoms. The van der Waals surface area contributed by atoms with Crippen molar-refractivity contribution in [1.29, 1.82) is 0 Å². The molecule has 1 amide bonds. The van der Waals surface area contributed by atoms with E-state index in [1.54, 1.807) is 0 Å². The number of carboxylic acid groups (broad SMARTS) is 1. The molecule has 1 rings (SSSR count). The summed E-state index contributed by atoms with van der Waals surface area (Å²) >= 11 is 0.737. The molecule has 110 valence electrons. The number of thioether (sulfide) groups is 1.